The summed E-state index contributed by atoms with van der Waals surface area (Å²) in [5.41, 5.74) is 5.31. The van der Waals surface area contributed by atoms with Crippen LogP contribution in [0.1, 0.15) is 11.3 Å². The molecule has 0 saturated heterocycles. The Bertz CT molecular complexity index is 729. The maximum Gasteiger partial charge on any atom is 0.115 e. The lowest BCUT2D eigenvalue weighted by Crippen LogP contribution is -2.08. The van der Waals surface area contributed by atoms with Gasteiger partial charge < -0.3 is 5.84 Å². The molecule has 2 N–H and O–H groups in total. The van der Waals surface area contributed by atoms with Gasteiger partial charge in [-0.25, -0.2) is 9.97 Å². The Balaban J connectivity index is 2.26. The fourth-order valence-corrected chi connectivity index (χ4v) is 1.96. The molecule has 0 spiro atoms. The van der Waals surface area contributed by atoms with Gasteiger partial charge in [-0.3, -0.25) is 0 Å². The highest BCUT2D eigenvalue weighted by Crippen LogP contribution is 2.21. The summed E-state index contributed by atoms with van der Waals surface area (Å²) in [7, 11) is 0. The number of nitrogens with zero attached hydrogens (tertiary/aromatic N) is 4. The van der Waals surface area contributed by atoms with E-state index >= 15 is 0 Å². The van der Waals surface area contributed by atoms with E-state index in [1.807, 2.05) is 38.1 Å². The van der Waals surface area contributed by atoms with Gasteiger partial charge in [0.05, 0.1) is 16.7 Å². The van der Waals surface area contributed by atoms with E-state index in [-0.39, 0.29) is 0 Å². The number of hydrogen-bond acceptors (Lipinski definition) is 4. The lowest BCUT2D eigenvalue weighted by atomic mass is 10.2. The van der Waals surface area contributed by atoms with E-state index in [1.54, 1.807) is 6.20 Å². The minimum atomic E-state index is 0.742. The molecule has 0 unspecified atom stereocenters. The van der Waals surface area contributed by atoms with E-state index in [4.69, 9.17) is 5.84 Å². The van der Waals surface area contributed by atoms with E-state index in [9.17, 15) is 0 Å². The third kappa shape index (κ3) is 1.69. The van der Waals surface area contributed by atoms with Gasteiger partial charge >= 0.3 is 0 Å². The lowest BCUT2D eigenvalue weighted by molar-refractivity contribution is 0.833. The van der Waals surface area contributed by atoms with Gasteiger partial charge in [0.2, 0.25) is 0 Å². The van der Waals surface area contributed by atoms with Crippen LogP contribution in [0.3, 0.4) is 0 Å². The number of aromatic nitrogens is 4. The first-order valence-electron chi connectivity index (χ1n) is 5.69. The lowest BCUT2D eigenvalue weighted by Gasteiger charge is -2.04. The van der Waals surface area contributed by atoms with Crippen molar-refractivity contribution >= 4 is 11.0 Å². The molecule has 0 aliphatic rings. The smallest absolute Gasteiger partial charge is 0.115 e. The molecule has 2 aromatic heterocycles. The molecule has 0 amide bonds. The SMILES string of the molecule is Cc1ccc2nc(C)c(-c3ccn(N)n3)nc2c1. The Morgan fingerprint density at radius 1 is 1.06 bits per heavy atom. The number of benzene rings is 1. The van der Waals surface area contributed by atoms with Gasteiger partial charge in [0.25, 0.3) is 0 Å². The predicted molar refractivity (Wildman–Crippen MR) is 70.4 cm³/mol. The highest BCUT2D eigenvalue weighted by atomic mass is 15.5. The number of hydrogen-bond donors (Lipinski definition) is 1. The minimum Gasteiger partial charge on any atom is -0.323 e. The van der Waals surface area contributed by atoms with E-state index in [0.717, 1.165) is 33.7 Å². The van der Waals surface area contributed by atoms with Crippen LogP contribution in [0.4, 0.5) is 0 Å². The summed E-state index contributed by atoms with van der Waals surface area (Å²) in [5.74, 6) is 5.56. The summed E-state index contributed by atoms with van der Waals surface area (Å²) in [6.45, 7) is 3.96. The van der Waals surface area contributed by atoms with Gasteiger partial charge in [0.1, 0.15) is 11.4 Å². The summed E-state index contributed by atoms with van der Waals surface area (Å²) >= 11 is 0. The van der Waals surface area contributed by atoms with Gasteiger partial charge in [-0.05, 0) is 37.6 Å². The molecule has 90 valence electrons. The van der Waals surface area contributed by atoms with E-state index in [1.165, 1.54) is 4.79 Å². The summed E-state index contributed by atoms with van der Waals surface area (Å²) in [5, 5.41) is 4.16. The van der Waals surface area contributed by atoms with Crippen molar-refractivity contribution in [1.82, 2.24) is 19.9 Å². The Morgan fingerprint density at radius 3 is 2.61 bits per heavy atom. The van der Waals surface area contributed by atoms with Crippen molar-refractivity contribution in [2.45, 2.75) is 13.8 Å². The van der Waals surface area contributed by atoms with E-state index in [2.05, 4.69) is 15.1 Å². The number of nitrogens with two attached hydrogens (primary N) is 1. The monoisotopic (exact) mass is 239 g/mol. The average molecular weight is 239 g/mol. The Kier molecular flexibility index (Phi) is 2.26. The largest absolute Gasteiger partial charge is 0.323 e. The van der Waals surface area contributed by atoms with Crippen LogP contribution in [0.5, 0.6) is 0 Å². The number of fused-ring (bicyclic) bond motifs is 1. The molecule has 2 heterocycles. The van der Waals surface area contributed by atoms with Crippen molar-refractivity contribution in [3.63, 3.8) is 0 Å². The van der Waals surface area contributed by atoms with E-state index in [0.29, 0.717) is 0 Å². The molecule has 3 aromatic rings. The van der Waals surface area contributed by atoms with Crippen molar-refractivity contribution in [2.24, 2.45) is 0 Å². The fraction of sp³-hybridized carbons (Fsp3) is 0.154. The quantitative estimate of drug-likeness (QED) is 0.658. The Labute approximate surface area is 104 Å². The molecule has 5 heteroatoms. The molecule has 0 radical (unpaired) electrons. The molecule has 0 aliphatic heterocycles. The van der Waals surface area contributed by atoms with Gasteiger partial charge in [-0.2, -0.15) is 9.89 Å². The first-order valence-corrected chi connectivity index (χ1v) is 5.69. The zero-order valence-electron chi connectivity index (χ0n) is 10.3. The Morgan fingerprint density at radius 2 is 1.89 bits per heavy atom. The van der Waals surface area contributed by atoms with Crippen LogP contribution in [0.25, 0.3) is 22.4 Å². The summed E-state index contributed by atoms with van der Waals surface area (Å²) in [6, 6.07) is 7.87. The van der Waals surface area contributed by atoms with Crippen molar-refractivity contribution in [2.75, 3.05) is 5.84 Å². The van der Waals surface area contributed by atoms with Gasteiger partial charge in [0.15, 0.2) is 0 Å². The second-order valence-corrected chi connectivity index (χ2v) is 4.33. The second-order valence-electron chi connectivity index (χ2n) is 4.33. The van der Waals surface area contributed by atoms with Gasteiger partial charge in [-0.15, -0.1) is 0 Å². The summed E-state index contributed by atoms with van der Waals surface area (Å²) in [4.78, 5) is 10.4. The molecule has 0 atom stereocenters. The van der Waals surface area contributed by atoms with Crippen LogP contribution in [-0.2, 0) is 0 Å². The van der Waals surface area contributed by atoms with Crippen molar-refractivity contribution in [1.29, 1.82) is 0 Å². The topological polar surface area (TPSA) is 69.6 Å². The third-order valence-corrected chi connectivity index (χ3v) is 2.84. The maximum absolute atomic E-state index is 5.56. The van der Waals surface area contributed by atoms with Crippen LogP contribution in [0.15, 0.2) is 30.5 Å². The molecular formula is C13H13N5. The maximum atomic E-state index is 5.56. The third-order valence-electron chi connectivity index (χ3n) is 2.84. The minimum absolute atomic E-state index is 0.742. The standard InChI is InChI=1S/C13H13N5/c1-8-3-4-10-12(7-8)16-13(9(2)15-10)11-5-6-18(14)17-11/h3-7H,14H2,1-2H3. The molecule has 0 saturated carbocycles. The molecule has 3 rings (SSSR count). The molecule has 18 heavy (non-hydrogen) atoms. The highest BCUT2D eigenvalue weighted by Gasteiger charge is 2.10. The molecule has 0 aliphatic carbocycles. The van der Waals surface area contributed by atoms with Crippen molar-refractivity contribution in [3.8, 4) is 11.4 Å². The molecule has 1 aromatic carbocycles. The van der Waals surface area contributed by atoms with E-state index < -0.39 is 0 Å². The second kappa shape index (κ2) is 3.80. The van der Waals surface area contributed by atoms with Crippen LogP contribution in [0.2, 0.25) is 0 Å². The summed E-state index contributed by atoms with van der Waals surface area (Å²) < 4.78 is 0. The van der Waals surface area contributed by atoms with Crippen LogP contribution in [0, 0.1) is 13.8 Å². The van der Waals surface area contributed by atoms with Crippen molar-refractivity contribution in [3.05, 3.63) is 41.7 Å². The van der Waals surface area contributed by atoms with Crippen LogP contribution in [-0.4, -0.2) is 19.9 Å². The zero-order chi connectivity index (χ0) is 12.7. The molecule has 0 bridgehead atoms. The average Bonchev–Trinajstić information content (AvgIpc) is 2.75. The number of rotatable bonds is 1. The van der Waals surface area contributed by atoms with Gasteiger partial charge in [0, 0.05) is 6.20 Å². The molecule has 0 fully saturated rings. The molecular weight excluding hydrogens is 226 g/mol. The number of nitrogen functional groups attached to an aromatic ring is 1. The zero-order valence-corrected chi connectivity index (χ0v) is 10.3. The van der Waals surface area contributed by atoms with Crippen LogP contribution >= 0.6 is 0 Å². The predicted octanol–water partition coefficient (Wildman–Crippen LogP) is 1.82. The summed E-state index contributed by atoms with van der Waals surface area (Å²) in [6.07, 6.45) is 1.69. The van der Waals surface area contributed by atoms with Crippen molar-refractivity contribution < 1.29 is 0 Å². The highest BCUT2D eigenvalue weighted by molar-refractivity contribution is 5.78. The Hall–Kier alpha value is -2.43. The molecule has 5 nitrogen and oxygen atoms in total. The van der Waals surface area contributed by atoms with Gasteiger partial charge in [-0.1, -0.05) is 6.07 Å². The number of aryl methyl sites for hydroxylation is 2. The first kappa shape index (κ1) is 10.7. The fourth-order valence-electron chi connectivity index (χ4n) is 1.96. The van der Waals surface area contributed by atoms with Crippen LogP contribution < -0.4 is 5.84 Å². The normalized spacial score (nSPS) is 11.0. The first-order chi connectivity index (χ1) is 8.63.